The topological polar surface area (TPSA) is 107 Å². The van der Waals surface area contributed by atoms with Gasteiger partial charge in [0.15, 0.2) is 5.78 Å². The SMILES string of the molecule is C[C@H](C[C@@H](O)[C@H]1O[C@]1(C)C1CCCC1)C1=C2CC[C@@H]3[C@]4(C)C[C@H](c5cccc(O)c5)C(=O)C(C)(C)[C@@H]4CC[C@]3(CCO)[C@@]2(C)CC1=O. The molecule has 10 atom stereocenters. The van der Waals surface area contributed by atoms with Crippen LogP contribution in [-0.4, -0.2) is 51.3 Å². The molecule has 1 saturated heterocycles. The Morgan fingerprint density at radius 3 is 2.40 bits per heavy atom. The number of ketones is 2. The Morgan fingerprint density at radius 2 is 1.72 bits per heavy atom. The Bertz CT molecular complexity index is 1470. The van der Waals surface area contributed by atoms with Gasteiger partial charge in [-0.3, -0.25) is 9.59 Å². The number of allylic oxidation sites excluding steroid dienone is 2. The highest BCUT2D eigenvalue weighted by molar-refractivity contribution is 6.00. The van der Waals surface area contributed by atoms with Crippen LogP contribution in [0.1, 0.15) is 130 Å². The molecule has 0 aromatic heterocycles. The Kier molecular flexibility index (Phi) is 8.01. The van der Waals surface area contributed by atoms with Gasteiger partial charge in [0.1, 0.15) is 17.6 Å². The Hall–Kier alpha value is -2.02. The Labute approximate surface area is 281 Å². The van der Waals surface area contributed by atoms with E-state index in [2.05, 4.69) is 41.5 Å². The summed E-state index contributed by atoms with van der Waals surface area (Å²) in [6, 6.07) is 7.24. The second-order valence-corrected chi connectivity index (χ2v) is 18.0. The number of Topliss-reactive ketones (excluding diaryl/α,β-unsaturated/α-hetero) is 2. The van der Waals surface area contributed by atoms with Gasteiger partial charge in [-0.2, -0.15) is 0 Å². The van der Waals surface area contributed by atoms with Gasteiger partial charge >= 0.3 is 0 Å². The van der Waals surface area contributed by atoms with Gasteiger partial charge in [-0.25, -0.2) is 0 Å². The molecule has 6 nitrogen and oxygen atoms in total. The van der Waals surface area contributed by atoms with E-state index in [-0.39, 0.29) is 75.5 Å². The molecule has 7 rings (SSSR count). The van der Waals surface area contributed by atoms with Gasteiger partial charge in [0, 0.05) is 29.8 Å². The standard InChI is InChI=1S/C41H58O6/c1-24(20-30(44)36-40(6,47-36)26-11-7-8-12-26)34-29-14-15-33-38(4)22-28(25-10-9-13-27(43)21-25)35(46)37(2,3)32(38)16-17-41(33,18-19-42)39(29,5)23-31(34)45/h9-10,13,21,24,26,28,30,32-33,36,42-44H,7-8,11-12,14-20,22-23H2,1-6H3/t24-,28-,30-,32+,33-,36-,38-,39+,40-,41-/m1/s1. The second-order valence-electron chi connectivity index (χ2n) is 18.0. The Balaban J connectivity index is 1.21. The summed E-state index contributed by atoms with van der Waals surface area (Å²) in [5, 5.41) is 32.5. The van der Waals surface area contributed by atoms with Crippen molar-refractivity contribution in [1.29, 1.82) is 0 Å². The summed E-state index contributed by atoms with van der Waals surface area (Å²) in [6.07, 6.45) is 10.1. The molecule has 0 amide bonds. The number of phenols is 1. The van der Waals surface area contributed by atoms with E-state index in [0.29, 0.717) is 25.2 Å². The van der Waals surface area contributed by atoms with Crippen molar-refractivity contribution in [3.63, 3.8) is 0 Å². The predicted molar refractivity (Wildman–Crippen MR) is 182 cm³/mol. The summed E-state index contributed by atoms with van der Waals surface area (Å²) in [6.45, 7) is 13.4. The number of carbonyl (C=O) groups is 2. The lowest BCUT2D eigenvalue weighted by Crippen LogP contribution is -2.64. The van der Waals surface area contributed by atoms with Gasteiger partial charge in [-0.1, -0.05) is 65.2 Å². The molecule has 3 N–H and O–H groups in total. The van der Waals surface area contributed by atoms with Crippen molar-refractivity contribution in [2.45, 2.75) is 142 Å². The summed E-state index contributed by atoms with van der Waals surface area (Å²) in [7, 11) is 0. The third-order valence-electron chi connectivity index (χ3n) is 15.5. The first-order valence-electron chi connectivity index (χ1n) is 18.7. The summed E-state index contributed by atoms with van der Waals surface area (Å²) < 4.78 is 6.20. The van der Waals surface area contributed by atoms with Crippen molar-refractivity contribution in [3.05, 3.63) is 41.0 Å². The fourth-order valence-corrected chi connectivity index (χ4v) is 13.3. The maximum absolute atomic E-state index is 14.2. The number of aliphatic hydroxyl groups is 2. The number of carbonyl (C=O) groups excluding carboxylic acids is 2. The highest BCUT2D eigenvalue weighted by Gasteiger charge is 2.70. The van der Waals surface area contributed by atoms with Crippen LogP contribution in [0, 0.1) is 45.3 Å². The number of epoxide rings is 1. The molecule has 5 aliphatic carbocycles. The zero-order chi connectivity index (χ0) is 33.7. The van der Waals surface area contributed by atoms with E-state index >= 15 is 0 Å². The average Bonchev–Trinajstić information content (AvgIpc) is 3.31. The lowest BCUT2D eigenvalue weighted by atomic mass is 9.34. The van der Waals surface area contributed by atoms with Crippen LogP contribution in [0.5, 0.6) is 5.75 Å². The first-order chi connectivity index (χ1) is 22.1. The van der Waals surface area contributed by atoms with Crippen molar-refractivity contribution >= 4 is 11.6 Å². The maximum Gasteiger partial charge on any atom is 0.159 e. The molecule has 1 heterocycles. The lowest BCUT2D eigenvalue weighted by Gasteiger charge is -2.69. The minimum absolute atomic E-state index is 0.0534. The molecule has 47 heavy (non-hydrogen) atoms. The van der Waals surface area contributed by atoms with Crippen LogP contribution < -0.4 is 0 Å². The van der Waals surface area contributed by atoms with E-state index in [4.69, 9.17) is 4.74 Å². The van der Waals surface area contributed by atoms with E-state index in [1.807, 2.05) is 12.1 Å². The first-order valence-corrected chi connectivity index (χ1v) is 18.7. The zero-order valence-electron chi connectivity index (χ0n) is 29.6. The van der Waals surface area contributed by atoms with Gasteiger partial charge < -0.3 is 20.1 Å². The number of aromatic hydroxyl groups is 1. The monoisotopic (exact) mass is 646 g/mol. The highest BCUT2D eigenvalue weighted by atomic mass is 16.6. The normalized spacial score (nSPS) is 42.6. The van der Waals surface area contributed by atoms with Crippen LogP contribution in [0.25, 0.3) is 0 Å². The number of ether oxygens (including phenoxy) is 1. The summed E-state index contributed by atoms with van der Waals surface area (Å²) >= 11 is 0. The van der Waals surface area contributed by atoms with E-state index in [0.717, 1.165) is 43.2 Å². The van der Waals surface area contributed by atoms with E-state index in [1.165, 1.54) is 31.3 Å². The van der Waals surface area contributed by atoms with Crippen LogP contribution in [0.3, 0.4) is 0 Å². The van der Waals surface area contributed by atoms with E-state index < -0.39 is 11.5 Å². The van der Waals surface area contributed by atoms with Gasteiger partial charge in [0.2, 0.25) is 0 Å². The Morgan fingerprint density at radius 1 is 1.00 bits per heavy atom. The molecule has 1 aromatic rings. The van der Waals surface area contributed by atoms with Gasteiger partial charge in [0.25, 0.3) is 0 Å². The van der Waals surface area contributed by atoms with E-state index in [1.54, 1.807) is 12.1 Å². The quantitative estimate of drug-likeness (QED) is 0.250. The van der Waals surface area contributed by atoms with Crippen molar-refractivity contribution in [2.75, 3.05) is 6.61 Å². The molecule has 1 aromatic carbocycles. The first kappa shape index (κ1) is 33.5. The van der Waals surface area contributed by atoms with Crippen LogP contribution in [0.4, 0.5) is 0 Å². The van der Waals surface area contributed by atoms with Crippen molar-refractivity contribution in [2.24, 2.45) is 45.3 Å². The fraction of sp³-hybridized carbons (Fsp3) is 0.756. The molecular weight excluding hydrogens is 588 g/mol. The molecule has 0 spiro atoms. The highest BCUT2D eigenvalue weighted by Crippen LogP contribution is 2.76. The van der Waals surface area contributed by atoms with Crippen LogP contribution in [-0.2, 0) is 14.3 Å². The summed E-state index contributed by atoms with van der Waals surface area (Å²) in [5.74, 6) is 1.30. The predicted octanol–water partition coefficient (Wildman–Crippen LogP) is 7.68. The molecule has 258 valence electrons. The molecule has 5 fully saturated rings. The molecule has 1 aliphatic heterocycles. The number of phenolic OH excluding ortho intramolecular Hbond substituents is 1. The lowest BCUT2D eigenvalue weighted by molar-refractivity contribution is -0.193. The zero-order valence-corrected chi connectivity index (χ0v) is 29.6. The molecule has 0 radical (unpaired) electrons. The summed E-state index contributed by atoms with van der Waals surface area (Å²) in [4.78, 5) is 28.4. The number of aliphatic hydroxyl groups excluding tert-OH is 2. The number of benzene rings is 1. The molecule has 4 saturated carbocycles. The van der Waals surface area contributed by atoms with Gasteiger partial charge in [0.05, 0.1) is 11.7 Å². The summed E-state index contributed by atoms with van der Waals surface area (Å²) in [5.41, 5.74) is 1.56. The smallest absolute Gasteiger partial charge is 0.159 e. The van der Waals surface area contributed by atoms with E-state index in [9.17, 15) is 24.9 Å². The van der Waals surface area contributed by atoms with Crippen molar-refractivity contribution in [3.8, 4) is 5.75 Å². The third-order valence-corrected chi connectivity index (χ3v) is 15.5. The van der Waals surface area contributed by atoms with Crippen LogP contribution in [0.15, 0.2) is 35.4 Å². The third kappa shape index (κ3) is 4.73. The van der Waals surface area contributed by atoms with Gasteiger partial charge in [-0.15, -0.1) is 0 Å². The van der Waals surface area contributed by atoms with Crippen molar-refractivity contribution in [1.82, 2.24) is 0 Å². The maximum atomic E-state index is 14.2. The molecular formula is C41H58O6. The fourth-order valence-electron chi connectivity index (χ4n) is 13.3. The number of fused-ring (bicyclic) bond motifs is 5. The number of hydrogen-bond donors (Lipinski definition) is 3. The molecule has 6 heteroatoms. The largest absolute Gasteiger partial charge is 0.508 e. The minimum Gasteiger partial charge on any atom is -0.508 e. The van der Waals surface area contributed by atoms with Crippen LogP contribution in [0.2, 0.25) is 0 Å². The number of hydrogen-bond acceptors (Lipinski definition) is 6. The minimum atomic E-state index is -0.586. The molecule has 0 unspecified atom stereocenters. The second kappa shape index (κ2) is 11.3. The average molecular weight is 647 g/mol. The molecule has 6 aliphatic rings. The van der Waals surface area contributed by atoms with Crippen LogP contribution >= 0.6 is 0 Å². The molecule has 0 bridgehead atoms. The van der Waals surface area contributed by atoms with Gasteiger partial charge in [-0.05, 0) is 122 Å². The number of rotatable bonds is 8. The van der Waals surface area contributed by atoms with Crippen molar-refractivity contribution < 1.29 is 29.6 Å².